The third-order valence-corrected chi connectivity index (χ3v) is 3.89. The molecule has 2 rings (SSSR count). The van der Waals surface area contributed by atoms with Crippen molar-refractivity contribution in [3.63, 3.8) is 0 Å². The molecule has 2 heterocycles. The highest BCUT2D eigenvalue weighted by Gasteiger charge is 2.23. The number of amides is 1. The molecule has 1 saturated heterocycles. The molecule has 6 heteroatoms. The van der Waals surface area contributed by atoms with Crippen molar-refractivity contribution in [2.24, 2.45) is 0 Å². The Morgan fingerprint density at radius 3 is 2.83 bits per heavy atom. The molecule has 0 radical (unpaired) electrons. The van der Waals surface area contributed by atoms with Gasteiger partial charge in [0, 0.05) is 37.6 Å². The molecular weight excluding hydrogens is 248 g/mol. The van der Waals surface area contributed by atoms with E-state index in [1.54, 1.807) is 0 Å². The lowest BCUT2D eigenvalue weighted by Gasteiger charge is -2.20. The molecule has 1 aliphatic rings. The molecule has 18 heavy (non-hydrogen) atoms. The number of hydrogen-bond acceptors (Lipinski definition) is 5. The quantitative estimate of drug-likeness (QED) is 0.831. The average molecular weight is 268 g/mol. The first kappa shape index (κ1) is 13.3. The number of hydrogen-bond donors (Lipinski definition) is 0. The number of aryl methyl sites for hydroxylation is 1. The predicted molar refractivity (Wildman–Crippen MR) is 73.0 cm³/mol. The van der Waals surface area contributed by atoms with Crippen molar-refractivity contribution in [1.29, 1.82) is 0 Å². The second-order valence-corrected chi connectivity index (χ2v) is 5.23. The van der Waals surface area contributed by atoms with Crippen LogP contribution in [0.1, 0.15) is 32.5 Å². The van der Waals surface area contributed by atoms with E-state index in [1.807, 2.05) is 11.8 Å². The number of rotatable bonds is 4. The summed E-state index contributed by atoms with van der Waals surface area (Å²) >= 11 is 1.40. The largest absolute Gasteiger partial charge is 0.341 e. The van der Waals surface area contributed by atoms with Crippen LogP contribution in [0.15, 0.2) is 0 Å². The lowest BCUT2D eigenvalue weighted by atomic mass is 10.3. The minimum Gasteiger partial charge on any atom is -0.341 e. The van der Waals surface area contributed by atoms with E-state index in [4.69, 9.17) is 0 Å². The summed E-state index contributed by atoms with van der Waals surface area (Å²) in [4.78, 5) is 20.6. The van der Waals surface area contributed by atoms with Crippen molar-refractivity contribution in [3.8, 4) is 0 Å². The summed E-state index contributed by atoms with van der Waals surface area (Å²) < 4.78 is 4.28. The van der Waals surface area contributed by atoms with Gasteiger partial charge in [-0.1, -0.05) is 13.8 Å². The van der Waals surface area contributed by atoms with E-state index in [1.165, 1.54) is 11.5 Å². The van der Waals surface area contributed by atoms with Crippen molar-refractivity contribution in [1.82, 2.24) is 14.3 Å². The molecular formula is C12H20N4OS. The van der Waals surface area contributed by atoms with Crippen LogP contribution in [0.25, 0.3) is 0 Å². The van der Waals surface area contributed by atoms with Gasteiger partial charge in [-0.25, -0.2) is 4.98 Å². The highest BCUT2D eigenvalue weighted by atomic mass is 32.1. The molecule has 0 N–H and O–H groups in total. The van der Waals surface area contributed by atoms with Gasteiger partial charge in [0.05, 0.1) is 6.54 Å². The van der Waals surface area contributed by atoms with Crippen LogP contribution in [-0.2, 0) is 11.2 Å². The Labute approximate surface area is 112 Å². The molecule has 0 aromatic carbocycles. The summed E-state index contributed by atoms with van der Waals surface area (Å²) in [7, 11) is 0. The van der Waals surface area contributed by atoms with Crippen LogP contribution in [0.2, 0.25) is 0 Å². The molecule has 0 bridgehead atoms. The van der Waals surface area contributed by atoms with Crippen LogP contribution in [0, 0.1) is 0 Å². The predicted octanol–water partition coefficient (Wildman–Crippen LogP) is 1.55. The SMILES string of the molecule is CCCN1CCCN(c2nc(CC)ns2)CC1=O. The van der Waals surface area contributed by atoms with Gasteiger partial charge in [0.1, 0.15) is 5.82 Å². The monoisotopic (exact) mass is 268 g/mol. The van der Waals surface area contributed by atoms with E-state index < -0.39 is 0 Å². The fraction of sp³-hybridized carbons (Fsp3) is 0.750. The molecule has 0 spiro atoms. The summed E-state index contributed by atoms with van der Waals surface area (Å²) in [6.45, 7) is 7.21. The Balaban J connectivity index is 2.04. The Kier molecular flexibility index (Phi) is 4.52. The Morgan fingerprint density at radius 1 is 1.33 bits per heavy atom. The standard InChI is InChI=1S/C12H20N4OS/c1-3-6-15-7-5-8-16(9-11(15)17)12-13-10(4-2)14-18-12/h3-9H2,1-2H3. The highest BCUT2D eigenvalue weighted by molar-refractivity contribution is 7.09. The van der Waals surface area contributed by atoms with Crippen LogP contribution in [0.3, 0.4) is 0 Å². The summed E-state index contributed by atoms with van der Waals surface area (Å²) in [5.74, 6) is 1.08. The van der Waals surface area contributed by atoms with Gasteiger partial charge in [0.15, 0.2) is 0 Å². The smallest absolute Gasteiger partial charge is 0.242 e. The van der Waals surface area contributed by atoms with Crippen molar-refractivity contribution in [3.05, 3.63) is 5.82 Å². The van der Waals surface area contributed by atoms with Gasteiger partial charge in [-0.3, -0.25) is 4.79 Å². The van der Waals surface area contributed by atoms with Gasteiger partial charge in [-0.15, -0.1) is 0 Å². The summed E-state index contributed by atoms with van der Waals surface area (Å²) in [6, 6.07) is 0. The Morgan fingerprint density at radius 2 is 2.17 bits per heavy atom. The summed E-state index contributed by atoms with van der Waals surface area (Å²) in [5, 5.41) is 0.888. The normalized spacial score (nSPS) is 17.1. The van der Waals surface area contributed by atoms with E-state index in [0.717, 1.165) is 49.9 Å². The van der Waals surface area contributed by atoms with Crippen molar-refractivity contribution in [2.75, 3.05) is 31.1 Å². The maximum Gasteiger partial charge on any atom is 0.242 e. The Bertz CT molecular complexity index is 407. The third kappa shape index (κ3) is 2.98. The zero-order valence-electron chi connectivity index (χ0n) is 11.1. The molecule has 5 nitrogen and oxygen atoms in total. The second-order valence-electron chi connectivity index (χ2n) is 4.50. The molecule has 1 aliphatic heterocycles. The first-order chi connectivity index (χ1) is 8.74. The fourth-order valence-electron chi connectivity index (χ4n) is 2.11. The maximum atomic E-state index is 12.1. The maximum absolute atomic E-state index is 12.1. The minimum atomic E-state index is 0.211. The number of anilines is 1. The molecule has 1 aromatic heterocycles. The van der Waals surface area contributed by atoms with E-state index in [2.05, 4.69) is 21.2 Å². The van der Waals surface area contributed by atoms with Crippen molar-refractivity contribution >= 4 is 22.6 Å². The highest BCUT2D eigenvalue weighted by Crippen LogP contribution is 2.19. The third-order valence-electron chi connectivity index (χ3n) is 3.07. The van der Waals surface area contributed by atoms with E-state index >= 15 is 0 Å². The molecule has 0 atom stereocenters. The zero-order valence-corrected chi connectivity index (χ0v) is 11.9. The fourth-order valence-corrected chi connectivity index (χ4v) is 2.88. The summed E-state index contributed by atoms with van der Waals surface area (Å²) in [6.07, 6.45) is 2.87. The van der Waals surface area contributed by atoms with E-state index in [0.29, 0.717) is 6.54 Å². The van der Waals surface area contributed by atoms with Crippen LogP contribution in [0.5, 0.6) is 0 Å². The van der Waals surface area contributed by atoms with Crippen molar-refractivity contribution in [2.45, 2.75) is 33.1 Å². The van der Waals surface area contributed by atoms with Crippen LogP contribution >= 0.6 is 11.5 Å². The number of nitrogens with zero attached hydrogens (tertiary/aromatic N) is 4. The molecule has 100 valence electrons. The molecule has 1 amide bonds. The van der Waals surface area contributed by atoms with Gasteiger partial charge < -0.3 is 9.80 Å². The van der Waals surface area contributed by atoms with E-state index in [9.17, 15) is 4.79 Å². The van der Waals surface area contributed by atoms with Gasteiger partial charge in [0.2, 0.25) is 11.0 Å². The molecule has 0 saturated carbocycles. The van der Waals surface area contributed by atoms with Gasteiger partial charge in [0.25, 0.3) is 0 Å². The number of aromatic nitrogens is 2. The van der Waals surface area contributed by atoms with Gasteiger partial charge in [-0.2, -0.15) is 4.37 Å². The number of carbonyl (C=O) groups is 1. The first-order valence-electron chi connectivity index (χ1n) is 6.60. The van der Waals surface area contributed by atoms with Crippen LogP contribution in [-0.4, -0.2) is 46.3 Å². The second kappa shape index (κ2) is 6.13. The number of carbonyl (C=O) groups excluding carboxylic acids is 1. The lowest BCUT2D eigenvalue weighted by Crippen LogP contribution is -2.37. The van der Waals surface area contributed by atoms with Crippen LogP contribution < -0.4 is 4.90 Å². The average Bonchev–Trinajstić information content (AvgIpc) is 2.77. The lowest BCUT2D eigenvalue weighted by molar-refractivity contribution is -0.129. The van der Waals surface area contributed by atoms with Gasteiger partial charge >= 0.3 is 0 Å². The van der Waals surface area contributed by atoms with Gasteiger partial charge in [-0.05, 0) is 12.8 Å². The molecule has 1 aromatic rings. The Hall–Kier alpha value is -1.17. The van der Waals surface area contributed by atoms with Crippen LogP contribution in [0.4, 0.5) is 5.13 Å². The molecule has 1 fully saturated rings. The van der Waals surface area contributed by atoms with E-state index in [-0.39, 0.29) is 5.91 Å². The minimum absolute atomic E-state index is 0.211. The van der Waals surface area contributed by atoms with Crippen molar-refractivity contribution < 1.29 is 4.79 Å². The molecule has 0 unspecified atom stereocenters. The summed E-state index contributed by atoms with van der Waals surface area (Å²) in [5.41, 5.74) is 0. The topological polar surface area (TPSA) is 49.3 Å². The first-order valence-corrected chi connectivity index (χ1v) is 7.37. The zero-order chi connectivity index (χ0) is 13.0. The molecule has 0 aliphatic carbocycles.